The van der Waals surface area contributed by atoms with Crippen molar-refractivity contribution >= 4 is 44.0 Å². The van der Waals surface area contributed by atoms with E-state index in [-0.39, 0.29) is 17.4 Å². The third-order valence-corrected chi connectivity index (χ3v) is 8.27. The molecule has 0 unspecified atom stereocenters. The number of likely N-dealkylation sites (N-methyl/N-ethyl adjacent to an activating group) is 1. The summed E-state index contributed by atoms with van der Waals surface area (Å²) in [5.74, 6) is -0.207. The maximum atomic E-state index is 14.1. The van der Waals surface area contributed by atoms with E-state index in [4.69, 9.17) is 4.74 Å². The van der Waals surface area contributed by atoms with Crippen molar-refractivity contribution in [1.29, 1.82) is 0 Å². The number of carbonyl (C=O) groups is 2. The Morgan fingerprint density at radius 2 is 1.51 bits per heavy atom. The fraction of sp³-hybridized carbons (Fsp3) is 0.200. The molecular formula is C30H31N3O5S. The minimum atomic E-state index is -4.12. The Morgan fingerprint density at radius 3 is 2.23 bits per heavy atom. The number of nitrogens with one attached hydrogen (secondary N) is 1. The van der Waals surface area contributed by atoms with E-state index in [1.54, 1.807) is 74.8 Å². The third-order valence-electron chi connectivity index (χ3n) is 6.45. The highest BCUT2D eigenvalue weighted by Gasteiger charge is 2.30. The van der Waals surface area contributed by atoms with Crippen LogP contribution >= 0.6 is 0 Å². The molecule has 0 aliphatic heterocycles. The predicted molar refractivity (Wildman–Crippen MR) is 154 cm³/mol. The fourth-order valence-corrected chi connectivity index (χ4v) is 5.78. The van der Waals surface area contributed by atoms with Crippen LogP contribution in [0, 0.1) is 13.8 Å². The zero-order chi connectivity index (χ0) is 28.2. The van der Waals surface area contributed by atoms with E-state index >= 15 is 0 Å². The van der Waals surface area contributed by atoms with Gasteiger partial charge < -0.3 is 15.0 Å². The van der Waals surface area contributed by atoms with Gasteiger partial charge in [0.15, 0.2) is 6.61 Å². The maximum Gasteiger partial charge on any atom is 0.265 e. The van der Waals surface area contributed by atoms with Gasteiger partial charge in [-0.1, -0.05) is 48.5 Å². The van der Waals surface area contributed by atoms with Crippen LogP contribution in [0.5, 0.6) is 5.75 Å². The van der Waals surface area contributed by atoms with E-state index in [2.05, 4.69) is 5.32 Å². The number of hydrogen-bond acceptors (Lipinski definition) is 5. The molecule has 9 heteroatoms. The number of sulfonamides is 1. The zero-order valence-corrected chi connectivity index (χ0v) is 23.2. The molecule has 1 N–H and O–H groups in total. The summed E-state index contributed by atoms with van der Waals surface area (Å²) in [7, 11) is -0.830. The Kier molecular flexibility index (Phi) is 8.21. The number of fused-ring (bicyclic) bond motifs is 1. The smallest absolute Gasteiger partial charge is 0.265 e. The highest BCUT2D eigenvalue weighted by molar-refractivity contribution is 7.93. The second kappa shape index (κ2) is 11.6. The van der Waals surface area contributed by atoms with Crippen LogP contribution in [0.4, 0.5) is 11.4 Å². The number of benzene rings is 4. The molecule has 0 bridgehead atoms. The van der Waals surface area contributed by atoms with Gasteiger partial charge in [0.2, 0.25) is 5.91 Å². The van der Waals surface area contributed by atoms with E-state index < -0.39 is 22.5 Å². The zero-order valence-electron chi connectivity index (χ0n) is 22.3. The van der Waals surface area contributed by atoms with Gasteiger partial charge in [-0.25, -0.2) is 8.42 Å². The quantitative estimate of drug-likeness (QED) is 0.327. The van der Waals surface area contributed by atoms with Gasteiger partial charge in [-0.05, 0) is 66.8 Å². The van der Waals surface area contributed by atoms with Crippen molar-refractivity contribution in [3.8, 4) is 5.75 Å². The van der Waals surface area contributed by atoms with E-state index in [1.807, 2.05) is 38.1 Å². The Morgan fingerprint density at radius 1 is 0.846 bits per heavy atom. The Bertz CT molecular complexity index is 1610. The van der Waals surface area contributed by atoms with Crippen LogP contribution in [-0.2, 0) is 19.6 Å². The van der Waals surface area contributed by atoms with Crippen LogP contribution in [0.1, 0.15) is 11.1 Å². The van der Waals surface area contributed by atoms with Gasteiger partial charge in [-0.2, -0.15) is 0 Å². The average Bonchev–Trinajstić information content (AvgIpc) is 2.92. The van der Waals surface area contributed by atoms with E-state index in [0.29, 0.717) is 22.5 Å². The van der Waals surface area contributed by atoms with Gasteiger partial charge in [-0.15, -0.1) is 0 Å². The molecule has 2 amide bonds. The molecule has 39 heavy (non-hydrogen) atoms. The third kappa shape index (κ3) is 6.21. The van der Waals surface area contributed by atoms with Crippen molar-refractivity contribution in [1.82, 2.24) is 4.90 Å². The number of nitrogens with zero attached hydrogens (tertiary/aromatic N) is 2. The fourth-order valence-electron chi connectivity index (χ4n) is 4.08. The highest BCUT2D eigenvalue weighted by Crippen LogP contribution is 2.32. The molecule has 0 saturated carbocycles. The van der Waals surface area contributed by atoms with Crippen LogP contribution in [0.2, 0.25) is 0 Å². The first-order valence-electron chi connectivity index (χ1n) is 12.4. The van der Waals surface area contributed by atoms with Crippen molar-refractivity contribution in [2.24, 2.45) is 0 Å². The predicted octanol–water partition coefficient (Wildman–Crippen LogP) is 4.76. The van der Waals surface area contributed by atoms with Crippen molar-refractivity contribution in [3.05, 3.63) is 96.1 Å². The molecule has 4 aromatic rings. The minimum absolute atomic E-state index is 0.102. The van der Waals surface area contributed by atoms with Crippen LogP contribution in [0.25, 0.3) is 10.8 Å². The van der Waals surface area contributed by atoms with E-state index in [0.717, 1.165) is 20.8 Å². The molecule has 0 radical (unpaired) electrons. The van der Waals surface area contributed by atoms with Gasteiger partial charge in [0.25, 0.3) is 15.9 Å². The molecule has 0 aliphatic rings. The summed E-state index contributed by atoms with van der Waals surface area (Å²) in [6.07, 6.45) is 0. The number of ether oxygens (including phenoxy) is 1. The Hall–Kier alpha value is -4.37. The molecule has 0 aromatic heterocycles. The number of carbonyl (C=O) groups excluding carboxylic acids is 2. The second-order valence-electron chi connectivity index (χ2n) is 9.36. The van der Waals surface area contributed by atoms with Crippen LogP contribution in [0.15, 0.2) is 89.8 Å². The van der Waals surface area contributed by atoms with Crippen molar-refractivity contribution in [2.75, 3.05) is 36.9 Å². The van der Waals surface area contributed by atoms with E-state index in [1.165, 1.54) is 4.90 Å². The lowest BCUT2D eigenvalue weighted by Crippen LogP contribution is -2.38. The summed E-state index contributed by atoms with van der Waals surface area (Å²) in [5, 5.41) is 4.14. The largest absolute Gasteiger partial charge is 0.484 e. The number of anilines is 2. The summed E-state index contributed by atoms with van der Waals surface area (Å²) in [6.45, 7) is 3.21. The monoisotopic (exact) mass is 545 g/mol. The number of hydrogen-bond donors (Lipinski definition) is 1. The molecule has 202 valence electrons. The average molecular weight is 546 g/mol. The molecule has 4 aromatic carbocycles. The topological polar surface area (TPSA) is 96.0 Å². The van der Waals surface area contributed by atoms with Gasteiger partial charge in [0.1, 0.15) is 12.3 Å². The summed E-state index contributed by atoms with van der Waals surface area (Å²) >= 11 is 0. The normalized spacial score (nSPS) is 11.2. The summed E-state index contributed by atoms with van der Waals surface area (Å²) < 4.78 is 34.9. The van der Waals surface area contributed by atoms with Crippen molar-refractivity contribution in [3.63, 3.8) is 0 Å². The number of rotatable bonds is 9. The molecule has 0 aliphatic carbocycles. The molecule has 0 saturated heterocycles. The summed E-state index contributed by atoms with van der Waals surface area (Å²) in [6, 6.07) is 24.3. The first-order valence-corrected chi connectivity index (χ1v) is 13.8. The van der Waals surface area contributed by atoms with Crippen LogP contribution in [-0.4, -0.2) is 52.4 Å². The lowest BCUT2D eigenvalue weighted by atomic mass is 10.1. The molecular weight excluding hydrogens is 514 g/mol. The number of amides is 2. The highest BCUT2D eigenvalue weighted by atomic mass is 32.2. The van der Waals surface area contributed by atoms with Gasteiger partial charge in [0, 0.05) is 25.2 Å². The summed E-state index contributed by atoms with van der Waals surface area (Å²) in [4.78, 5) is 26.5. The van der Waals surface area contributed by atoms with Crippen molar-refractivity contribution in [2.45, 2.75) is 18.7 Å². The van der Waals surface area contributed by atoms with Gasteiger partial charge >= 0.3 is 0 Å². The Labute approximate surface area is 228 Å². The first kappa shape index (κ1) is 27.7. The lowest BCUT2D eigenvalue weighted by molar-refractivity contribution is -0.130. The summed E-state index contributed by atoms with van der Waals surface area (Å²) in [5.41, 5.74) is 2.58. The van der Waals surface area contributed by atoms with Gasteiger partial charge in [-0.3, -0.25) is 13.9 Å². The number of aryl methyl sites for hydroxylation is 1. The molecule has 0 atom stereocenters. The van der Waals surface area contributed by atoms with E-state index in [9.17, 15) is 18.0 Å². The standard InChI is InChI=1S/C30H31N3O5S/c1-21-9-7-13-27(22(21)2)33(39(36,37)28-14-8-11-23-10-5-6-12-26(23)28)19-29(34)31-24-15-17-25(18-16-24)38-20-30(35)32(3)4/h5-18H,19-20H2,1-4H3,(H,31,34). The second-order valence-corrected chi connectivity index (χ2v) is 11.2. The molecule has 0 heterocycles. The molecule has 0 spiro atoms. The first-order chi connectivity index (χ1) is 18.6. The molecule has 8 nitrogen and oxygen atoms in total. The minimum Gasteiger partial charge on any atom is -0.484 e. The van der Waals surface area contributed by atoms with Crippen LogP contribution < -0.4 is 14.4 Å². The Balaban J connectivity index is 1.62. The molecule has 0 fully saturated rings. The molecule has 4 rings (SSSR count). The SMILES string of the molecule is Cc1cccc(N(CC(=O)Nc2ccc(OCC(=O)N(C)C)cc2)S(=O)(=O)c2cccc3ccccc23)c1C. The maximum absolute atomic E-state index is 14.1. The van der Waals surface area contributed by atoms with Crippen LogP contribution in [0.3, 0.4) is 0 Å². The lowest BCUT2D eigenvalue weighted by Gasteiger charge is -2.27. The van der Waals surface area contributed by atoms with Gasteiger partial charge in [0.05, 0.1) is 10.6 Å². The van der Waals surface area contributed by atoms with Crippen molar-refractivity contribution < 1.29 is 22.7 Å².